The van der Waals surface area contributed by atoms with E-state index in [1.165, 1.54) is 6.07 Å². The Balaban J connectivity index is 3.43. The van der Waals surface area contributed by atoms with E-state index in [9.17, 15) is 23.3 Å². The van der Waals surface area contributed by atoms with Gasteiger partial charge in [0.2, 0.25) is 5.75 Å². The Kier molecular flexibility index (Phi) is 3.30. The van der Waals surface area contributed by atoms with Crippen LogP contribution in [0.3, 0.4) is 0 Å². The van der Waals surface area contributed by atoms with Crippen LogP contribution in [0.25, 0.3) is 0 Å². The van der Waals surface area contributed by atoms with Gasteiger partial charge >= 0.3 is 12.3 Å². The zero-order valence-corrected chi connectivity index (χ0v) is 7.49. The smallest absolute Gasteiger partial charge is 0.387 e. The molecule has 0 aliphatic carbocycles. The van der Waals surface area contributed by atoms with Gasteiger partial charge in [-0.25, -0.2) is 4.39 Å². The van der Waals surface area contributed by atoms with Gasteiger partial charge in [0.05, 0.1) is 4.92 Å². The summed E-state index contributed by atoms with van der Waals surface area (Å²) < 4.78 is 40.5. The number of ether oxygens (including phenoxy) is 1. The third-order valence-electron chi connectivity index (χ3n) is 1.59. The summed E-state index contributed by atoms with van der Waals surface area (Å²) in [7, 11) is 0. The molecule has 0 atom stereocenters. The molecule has 0 radical (unpaired) electrons. The molecule has 0 bridgehead atoms. The van der Waals surface area contributed by atoms with Gasteiger partial charge in [-0.3, -0.25) is 10.1 Å². The number of alkyl halides is 2. The monoisotopic (exact) mass is 232 g/mol. The molecule has 0 heterocycles. The normalized spacial score (nSPS) is 9.94. The van der Waals surface area contributed by atoms with Crippen molar-refractivity contribution in [2.45, 2.75) is 6.61 Å². The van der Waals surface area contributed by atoms with Crippen LogP contribution >= 0.6 is 0 Å². The second kappa shape index (κ2) is 4.48. The quantitative estimate of drug-likeness (QED) is 0.591. The van der Waals surface area contributed by atoms with Crippen LogP contribution in [0, 0.1) is 27.3 Å². The summed E-state index contributed by atoms with van der Waals surface area (Å²) >= 11 is 0. The lowest BCUT2D eigenvalue weighted by molar-refractivity contribution is -0.386. The van der Waals surface area contributed by atoms with Crippen molar-refractivity contribution in [1.82, 2.24) is 0 Å². The van der Waals surface area contributed by atoms with Crippen molar-refractivity contribution in [2.75, 3.05) is 0 Å². The van der Waals surface area contributed by atoms with Crippen LogP contribution in [0.4, 0.5) is 18.9 Å². The SMILES string of the molecule is N#Cc1ccc(F)c(OC(F)F)c1[N+](=O)[O-]. The number of nitriles is 1. The van der Waals surface area contributed by atoms with Gasteiger partial charge in [0, 0.05) is 0 Å². The summed E-state index contributed by atoms with van der Waals surface area (Å²) in [4.78, 5) is 9.34. The maximum atomic E-state index is 13.0. The average Bonchev–Trinajstić information content (AvgIpc) is 2.19. The van der Waals surface area contributed by atoms with Crippen LogP contribution < -0.4 is 4.74 Å². The predicted molar refractivity (Wildman–Crippen MR) is 44.4 cm³/mol. The molecule has 0 aliphatic heterocycles. The fraction of sp³-hybridized carbons (Fsp3) is 0.125. The van der Waals surface area contributed by atoms with Gasteiger partial charge < -0.3 is 4.74 Å². The van der Waals surface area contributed by atoms with Crippen LogP contribution in [-0.2, 0) is 0 Å². The van der Waals surface area contributed by atoms with Crippen molar-refractivity contribution in [2.24, 2.45) is 0 Å². The summed E-state index contributed by atoms with van der Waals surface area (Å²) in [5, 5.41) is 19.0. The highest BCUT2D eigenvalue weighted by Gasteiger charge is 2.27. The lowest BCUT2D eigenvalue weighted by Crippen LogP contribution is -2.07. The van der Waals surface area contributed by atoms with Crippen molar-refractivity contribution in [1.29, 1.82) is 5.26 Å². The Labute approximate surface area is 86.8 Å². The van der Waals surface area contributed by atoms with Crippen LogP contribution in [0.2, 0.25) is 0 Å². The molecule has 5 nitrogen and oxygen atoms in total. The molecule has 0 spiro atoms. The highest BCUT2D eigenvalue weighted by molar-refractivity contribution is 5.58. The van der Waals surface area contributed by atoms with E-state index in [0.717, 1.165) is 6.07 Å². The molecule has 84 valence electrons. The van der Waals surface area contributed by atoms with E-state index < -0.39 is 34.4 Å². The number of rotatable bonds is 3. The maximum absolute atomic E-state index is 13.0. The maximum Gasteiger partial charge on any atom is 0.387 e. The van der Waals surface area contributed by atoms with Crippen LogP contribution in [-0.4, -0.2) is 11.5 Å². The second-order valence-corrected chi connectivity index (χ2v) is 2.52. The van der Waals surface area contributed by atoms with Crippen molar-refractivity contribution in [3.8, 4) is 11.8 Å². The Bertz CT molecular complexity index is 470. The average molecular weight is 232 g/mol. The van der Waals surface area contributed by atoms with Crippen molar-refractivity contribution in [3.63, 3.8) is 0 Å². The third kappa shape index (κ3) is 2.20. The number of nitro benzene ring substituents is 1. The Morgan fingerprint density at radius 2 is 2.12 bits per heavy atom. The Morgan fingerprint density at radius 1 is 1.50 bits per heavy atom. The molecule has 0 saturated heterocycles. The van der Waals surface area contributed by atoms with Gasteiger partial charge in [-0.2, -0.15) is 14.0 Å². The molecule has 0 fully saturated rings. The Hall–Kier alpha value is -2.30. The van der Waals surface area contributed by atoms with E-state index in [-0.39, 0.29) is 0 Å². The zero-order chi connectivity index (χ0) is 12.3. The minimum absolute atomic E-state index is 0.554. The standard InChI is InChI=1S/C8H3F3N2O3/c9-5-2-1-4(3-12)6(13(14)15)7(5)16-8(10)11/h1-2,8H. The van der Waals surface area contributed by atoms with E-state index in [2.05, 4.69) is 4.74 Å². The Morgan fingerprint density at radius 3 is 2.56 bits per heavy atom. The molecular formula is C8H3F3N2O3. The van der Waals surface area contributed by atoms with E-state index in [1.54, 1.807) is 0 Å². The molecule has 0 aromatic heterocycles. The molecule has 1 aromatic carbocycles. The summed E-state index contributed by atoms with van der Waals surface area (Å²) in [6.45, 7) is -3.41. The minimum atomic E-state index is -3.41. The molecule has 0 unspecified atom stereocenters. The molecular weight excluding hydrogens is 229 g/mol. The molecule has 0 N–H and O–H groups in total. The van der Waals surface area contributed by atoms with Gasteiger partial charge in [-0.05, 0) is 12.1 Å². The fourth-order valence-electron chi connectivity index (χ4n) is 1.02. The number of nitrogens with zero attached hydrogens (tertiary/aromatic N) is 2. The van der Waals surface area contributed by atoms with Crippen molar-refractivity contribution < 1.29 is 22.8 Å². The molecule has 1 rings (SSSR count). The lowest BCUT2D eigenvalue weighted by atomic mass is 10.2. The summed E-state index contributed by atoms with van der Waals surface area (Å²) in [5.74, 6) is -2.56. The van der Waals surface area contributed by atoms with Crippen LogP contribution in [0.1, 0.15) is 5.56 Å². The molecule has 0 saturated carbocycles. The minimum Gasteiger partial charge on any atom is -0.424 e. The lowest BCUT2D eigenvalue weighted by Gasteiger charge is -2.06. The van der Waals surface area contributed by atoms with Gasteiger partial charge in [0.15, 0.2) is 5.82 Å². The van der Waals surface area contributed by atoms with E-state index >= 15 is 0 Å². The van der Waals surface area contributed by atoms with E-state index in [0.29, 0.717) is 6.07 Å². The van der Waals surface area contributed by atoms with Gasteiger partial charge in [-0.15, -0.1) is 0 Å². The fourth-order valence-corrected chi connectivity index (χ4v) is 1.02. The number of nitro groups is 1. The molecule has 0 amide bonds. The van der Waals surface area contributed by atoms with Crippen molar-refractivity contribution >= 4 is 5.69 Å². The number of hydrogen-bond donors (Lipinski definition) is 0. The number of hydrogen-bond acceptors (Lipinski definition) is 4. The summed E-state index contributed by atoms with van der Waals surface area (Å²) in [5.41, 5.74) is -1.66. The largest absolute Gasteiger partial charge is 0.424 e. The van der Waals surface area contributed by atoms with E-state index in [1.807, 2.05) is 0 Å². The predicted octanol–water partition coefficient (Wildman–Crippen LogP) is 2.21. The number of halogens is 3. The molecule has 0 aliphatic rings. The van der Waals surface area contributed by atoms with Crippen molar-refractivity contribution in [3.05, 3.63) is 33.6 Å². The van der Waals surface area contributed by atoms with Gasteiger partial charge in [0.25, 0.3) is 0 Å². The van der Waals surface area contributed by atoms with Crippen LogP contribution in [0.5, 0.6) is 5.75 Å². The topological polar surface area (TPSA) is 76.2 Å². The third-order valence-corrected chi connectivity index (χ3v) is 1.59. The van der Waals surface area contributed by atoms with Gasteiger partial charge in [-0.1, -0.05) is 0 Å². The zero-order valence-electron chi connectivity index (χ0n) is 7.49. The molecule has 1 aromatic rings. The molecule has 16 heavy (non-hydrogen) atoms. The second-order valence-electron chi connectivity index (χ2n) is 2.52. The highest BCUT2D eigenvalue weighted by atomic mass is 19.3. The van der Waals surface area contributed by atoms with Gasteiger partial charge in [0.1, 0.15) is 11.6 Å². The van der Waals surface area contributed by atoms with Crippen LogP contribution in [0.15, 0.2) is 12.1 Å². The summed E-state index contributed by atoms with van der Waals surface area (Å²) in [6, 6.07) is 2.84. The van der Waals surface area contributed by atoms with E-state index in [4.69, 9.17) is 5.26 Å². The first-order chi connectivity index (χ1) is 7.47. The summed E-state index contributed by atoms with van der Waals surface area (Å²) in [6.07, 6.45) is 0. The first-order valence-corrected chi connectivity index (χ1v) is 3.79. The molecule has 8 heteroatoms. The number of benzene rings is 1. The first kappa shape index (κ1) is 11.8. The first-order valence-electron chi connectivity index (χ1n) is 3.79. The highest BCUT2D eigenvalue weighted by Crippen LogP contribution is 2.34.